The van der Waals surface area contributed by atoms with Crippen LogP contribution in [-0.2, 0) is 9.59 Å². The number of carbonyl (C=O) groups excluding carboxylic acids is 3. The first-order valence-electron chi connectivity index (χ1n) is 3.54. The van der Waals surface area contributed by atoms with Crippen LogP contribution in [0.5, 0.6) is 0 Å². The van der Waals surface area contributed by atoms with Crippen LogP contribution >= 0.6 is 0 Å². The maximum atomic E-state index is 10.9. The van der Waals surface area contributed by atoms with Crippen LogP contribution < -0.4 is 16.0 Å². The number of hydrogen-bond acceptors (Lipinski definition) is 4. The average Bonchev–Trinajstić information content (AvgIpc) is 1.96. The smallest absolute Gasteiger partial charge is 0.298 e. The number of carbonyl (C=O) groups is 3. The number of barbiturate groups is 1. The van der Waals surface area contributed by atoms with Crippen LogP contribution in [0.2, 0.25) is 0 Å². The molecule has 0 unspecified atom stereocenters. The highest BCUT2D eigenvalue weighted by Gasteiger charge is 2.32. The van der Waals surface area contributed by atoms with Crippen LogP contribution in [-0.4, -0.2) is 30.4 Å². The Hall–Kier alpha value is -1.43. The van der Waals surface area contributed by atoms with E-state index in [-0.39, 0.29) is 0 Å². The number of urea groups is 1. The molecule has 3 N–H and O–H groups in total. The summed E-state index contributed by atoms with van der Waals surface area (Å²) in [7, 11) is 0. The maximum absolute atomic E-state index is 10.9. The van der Waals surface area contributed by atoms with Crippen LogP contribution in [0, 0.1) is 0 Å². The average molecular weight is 171 g/mol. The van der Waals surface area contributed by atoms with Crippen molar-refractivity contribution in [3.05, 3.63) is 0 Å². The molecule has 0 aliphatic carbocycles. The Morgan fingerprint density at radius 3 is 2.17 bits per heavy atom. The molecule has 6 heteroatoms. The fourth-order valence-electron chi connectivity index (χ4n) is 0.908. The number of amides is 4. The highest BCUT2D eigenvalue weighted by Crippen LogP contribution is 1.90. The Balaban J connectivity index is 2.67. The van der Waals surface area contributed by atoms with Gasteiger partial charge in [-0.15, -0.1) is 0 Å². The molecule has 1 aliphatic rings. The van der Waals surface area contributed by atoms with Gasteiger partial charge in [0.25, 0.3) is 11.8 Å². The summed E-state index contributed by atoms with van der Waals surface area (Å²) in [6, 6.07) is -1.72. The number of imide groups is 2. The molecule has 66 valence electrons. The first-order chi connectivity index (χ1) is 5.65. The van der Waals surface area contributed by atoms with Crippen molar-refractivity contribution in [1.82, 2.24) is 16.0 Å². The molecule has 1 fully saturated rings. The van der Waals surface area contributed by atoms with Crippen molar-refractivity contribution in [2.75, 3.05) is 6.54 Å². The molecule has 0 atom stereocenters. The monoisotopic (exact) mass is 171 g/mol. The van der Waals surface area contributed by atoms with Crippen molar-refractivity contribution in [2.24, 2.45) is 0 Å². The van der Waals surface area contributed by atoms with E-state index in [1.807, 2.05) is 10.6 Å². The summed E-state index contributed by atoms with van der Waals surface area (Å²) >= 11 is 0. The minimum Gasteiger partial charge on any atom is -0.298 e. The molecule has 0 aromatic rings. The van der Waals surface area contributed by atoms with Crippen molar-refractivity contribution in [1.29, 1.82) is 0 Å². The van der Waals surface area contributed by atoms with Gasteiger partial charge in [0.05, 0.1) is 0 Å². The van der Waals surface area contributed by atoms with E-state index < -0.39 is 23.9 Å². The minimum absolute atomic E-state index is 0.486. The Morgan fingerprint density at radius 1 is 1.25 bits per heavy atom. The molecule has 6 nitrogen and oxygen atoms in total. The zero-order valence-corrected chi connectivity index (χ0v) is 6.51. The standard InChI is InChI=1S/C6H9N3O3/c1-2-7-3-4(10)8-6(12)9-5(3)11/h3,7H,2H2,1H3,(H2,8,9,10,11,12). The lowest BCUT2D eigenvalue weighted by Crippen LogP contribution is -2.63. The number of hydrogen-bond donors (Lipinski definition) is 3. The third-order valence-electron chi connectivity index (χ3n) is 1.41. The SMILES string of the molecule is CCNC1C(=O)NC(=O)NC1=O. The van der Waals surface area contributed by atoms with Gasteiger partial charge in [0.2, 0.25) is 0 Å². The Kier molecular flexibility index (Phi) is 2.39. The summed E-state index contributed by atoms with van der Waals surface area (Å²) in [5.74, 6) is -1.21. The summed E-state index contributed by atoms with van der Waals surface area (Å²) in [6.45, 7) is 2.25. The molecule has 1 aliphatic heterocycles. The predicted octanol–water partition coefficient (Wildman–Crippen LogP) is -1.67. The van der Waals surface area contributed by atoms with Gasteiger partial charge in [-0.1, -0.05) is 6.92 Å². The van der Waals surface area contributed by atoms with Crippen molar-refractivity contribution < 1.29 is 14.4 Å². The van der Waals surface area contributed by atoms with Gasteiger partial charge in [-0.3, -0.25) is 25.5 Å². The van der Waals surface area contributed by atoms with Crippen molar-refractivity contribution in [3.63, 3.8) is 0 Å². The van der Waals surface area contributed by atoms with Gasteiger partial charge in [0.15, 0.2) is 6.04 Å². The molecule has 0 bridgehead atoms. The molecule has 4 amide bonds. The second-order valence-corrected chi connectivity index (χ2v) is 2.30. The normalized spacial score (nSPS) is 18.9. The lowest BCUT2D eigenvalue weighted by Gasteiger charge is -2.20. The lowest BCUT2D eigenvalue weighted by molar-refractivity contribution is -0.132. The number of rotatable bonds is 2. The Bertz CT molecular complexity index is 218. The summed E-state index contributed by atoms with van der Waals surface area (Å²) < 4.78 is 0. The second kappa shape index (κ2) is 3.31. The molecular formula is C6H9N3O3. The van der Waals surface area contributed by atoms with E-state index in [4.69, 9.17) is 0 Å². The fourth-order valence-corrected chi connectivity index (χ4v) is 0.908. The summed E-state index contributed by atoms with van der Waals surface area (Å²) in [4.78, 5) is 32.4. The Morgan fingerprint density at radius 2 is 1.75 bits per heavy atom. The van der Waals surface area contributed by atoms with Gasteiger partial charge in [0, 0.05) is 0 Å². The molecular weight excluding hydrogens is 162 g/mol. The van der Waals surface area contributed by atoms with Crippen molar-refractivity contribution in [2.45, 2.75) is 13.0 Å². The van der Waals surface area contributed by atoms with Crippen LogP contribution in [0.1, 0.15) is 6.92 Å². The van der Waals surface area contributed by atoms with Crippen molar-refractivity contribution in [3.8, 4) is 0 Å². The van der Waals surface area contributed by atoms with E-state index in [0.29, 0.717) is 6.54 Å². The van der Waals surface area contributed by atoms with E-state index in [1.165, 1.54) is 0 Å². The number of likely N-dealkylation sites (N-methyl/N-ethyl adjacent to an activating group) is 1. The van der Waals surface area contributed by atoms with Gasteiger partial charge in [0.1, 0.15) is 0 Å². The quantitative estimate of drug-likeness (QED) is 0.433. The molecule has 0 aromatic carbocycles. The van der Waals surface area contributed by atoms with E-state index in [9.17, 15) is 14.4 Å². The molecule has 1 heterocycles. The maximum Gasteiger partial charge on any atom is 0.328 e. The molecule has 12 heavy (non-hydrogen) atoms. The van der Waals surface area contributed by atoms with Gasteiger partial charge in [-0.2, -0.15) is 0 Å². The van der Waals surface area contributed by atoms with Crippen LogP contribution in [0.25, 0.3) is 0 Å². The zero-order valence-electron chi connectivity index (χ0n) is 6.51. The van der Waals surface area contributed by atoms with Gasteiger partial charge < -0.3 is 0 Å². The zero-order chi connectivity index (χ0) is 9.14. The largest absolute Gasteiger partial charge is 0.328 e. The Labute approximate surface area is 68.7 Å². The van der Waals surface area contributed by atoms with Crippen LogP contribution in [0.15, 0.2) is 0 Å². The third-order valence-corrected chi connectivity index (χ3v) is 1.41. The minimum atomic E-state index is -0.951. The van der Waals surface area contributed by atoms with E-state index in [2.05, 4.69) is 5.32 Å². The van der Waals surface area contributed by atoms with E-state index in [0.717, 1.165) is 0 Å². The van der Waals surface area contributed by atoms with Crippen LogP contribution in [0.3, 0.4) is 0 Å². The van der Waals surface area contributed by atoms with Gasteiger partial charge >= 0.3 is 6.03 Å². The first kappa shape index (κ1) is 8.66. The predicted molar refractivity (Wildman–Crippen MR) is 39.1 cm³/mol. The van der Waals surface area contributed by atoms with Gasteiger partial charge in [-0.05, 0) is 6.54 Å². The number of nitrogens with one attached hydrogen (secondary N) is 3. The molecule has 0 aromatic heterocycles. The molecule has 1 saturated heterocycles. The molecule has 0 radical (unpaired) electrons. The molecule has 0 saturated carbocycles. The van der Waals surface area contributed by atoms with E-state index in [1.54, 1.807) is 6.92 Å². The van der Waals surface area contributed by atoms with Gasteiger partial charge in [-0.25, -0.2) is 4.79 Å². The highest BCUT2D eigenvalue weighted by atomic mass is 16.2. The summed E-state index contributed by atoms with van der Waals surface area (Å²) in [5.41, 5.74) is 0. The topological polar surface area (TPSA) is 87.3 Å². The van der Waals surface area contributed by atoms with E-state index >= 15 is 0 Å². The third kappa shape index (κ3) is 1.59. The summed E-state index contributed by atoms with van der Waals surface area (Å²) in [6.07, 6.45) is 0. The van der Waals surface area contributed by atoms with Crippen LogP contribution in [0.4, 0.5) is 4.79 Å². The lowest BCUT2D eigenvalue weighted by atomic mass is 10.2. The fraction of sp³-hybridized carbons (Fsp3) is 0.500. The molecule has 1 rings (SSSR count). The second-order valence-electron chi connectivity index (χ2n) is 2.30. The summed E-state index contributed by atoms with van der Waals surface area (Å²) in [5, 5.41) is 6.57. The highest BCUT2D eigenvalue weighted by molar-refractivity contribution is 6.18. The first-order valence-corrected chi connectivity index (χ1v) is 3.54. The van der Waals surface area contributed by atoms with Crippen molar-refractivity contribution >= 4 is 17.8 Å². The molecule has 0 spiro atoms.